The van der Waals surface area contributed by atoms with Gasteiger partial charge in [-0.2, -0.15) is 0 Å². The molecule has 1 aromatic carbocycles. The van der Waals surface area contributed by atoms with Crippen LogP contribution in [0.15, 0.2) is 40.8 Å². The van der Waals surface area contributed by atoms with Crippen LogP contribution in [0.25, 0.3) is 5.69 Å². The molecule has 0 aliphatic carbocycles. The van der Waals surface area contributed by atoms with Gasteiger partial charge < -0.3 is 13.7 Å². The molecule has 0 saturated carbocycles. The largest absolute Gasteiger partial charge is 0.452 e. The lowest BCUT2D eigenvalue weighted by molar-refractivity contribution is 0.0435. The summed E-state index contributed by atoms with van der Waals surface area (Å²) in [7, 11) is 0. The summed E-state index contributed by atoms with van der Waals surface area (Å²) in [5.41, 5.74) is 3.35. The molecule has 3 aromatic rings. The molecule has 6 nitrogen and oxygen atoms in total. The molecule has 0 atom stereocenters. The number of benzene rings is 1. The molecule has 2 heterocycles. The van der Waals surface area contributed by atoms with E-state index in [1.165, 1.54) is 0 Å². The van der Waals surface area contributed by atoms with Gasteiger partial charge in [0.2, 0.25) is 5.89 Å². The highest BCUT2D eigenvalue weighted by Crippen LogP contribution is 2.21. The average molecular weight is 325 g/mol. The van der Waals surface area contributed by atoms with Gasteiger partial charge in [0.25, 0.3) is 5.89 Å². The normalized spacial score (nSPS) is 10.8. The molecule has 6 heteroatoms. The quantitative estimate of drug-likeness (QED) is 0.672. The van der Waals surface area contributed by atoms with Gasteiger partial charge in [0, 0.05) is 23.5 Å². The van der Waals surface area contributed by atoms with Crippen LogP contribution in [-0.4, -0.2) is 20.7 Å². The van der Waals surface area contributed by atoms with Crippen molar-refractivity contribution in [2.45, 2.75) is 33.8 Å². The second-order valence-electron chi connectivity index (χ2n) is 5.47. The monoisotopic (exact) mass is 325 g/mol. The molecule has 0 bridgehead atoms. The number of esters is 1. The highest BCUT2D eigenvalue weighted by Gasteiger charge is 2.18. The number of aryl methyl sites for hydroxylation is 2. The molecular formula is C18H19N3O3. The van der Waals surface area contributed by atoms with Crippen molar-refractivity contribution in [3.63, 3.8) is 0 Å². The van der Waals surface area contributed by atoms with Gasteiger partial charge in [-0.05, 0) is 32.0 Å². The van der Waals surface area contributed by atoms with Crippen molar-refractivity contribution in [1.82, 2.24) is 14.8 Å². The van der Waals surface area contributed by atoms with Gasteiger partial charge >= 0.3 is 5.97 Å². The van der Waals surface area contributed by atoms with Crippen LogP contribution in [0.5, 0.6) is 0 Å². The molecule has 0 fully saturated rings. The highest BCUT2D eigenvalue weighted by molar-refractivity contribution is 5.91. The maximum atomic E-state index is 12.4. The van der Waals surface area contributed by atoms with E-state index in [0.717, 1.165) is 17.1 Å². The third-order valence-corrected chi connectivity index (χ3v) is 3.80. The topological polar surface area (TPSA) is 70.2 Å². The summed E-state index contributed by atoms with van der Waals surface area (Å²) in [6.07, 6.45) is 0.652. The fourth-order valence-electron chi connectivity index (χ4n) is 2.64. The van der Waals surface area contributed by atoms with E-state index < -0.39 is 5.97 Å². The number of para-hydroxylation sites is 1. The first kappa shape index (κ1) is 16.0. The number of rotatable bonds is 5. The summed E-state index contributed by atoms with van der Waals surface area (Å²) >= 11 is 0. The summed E-state index contributed by atoms with van der Waals surface area (Å²) in [5, 5.41) is 7.70. The van der Waals surface area contributed by atoms with Gasteiger partial charge in [-0.15, -0.1) is 10.2 Å². The number of carbonyl (C=O) groups is 1. The third kappa shape index (κ3) is 3.08. The Balaban J connectivity index is 1.78. The van der Waals surface area contributed by atoms with Gasteiger partial charge in [0.15, 0.2) is 6.61 Å². The smallest absolute Gasteiger partial charge is 0.340 e. The lowest BCUT2D eigenvalue weighted by Gasteiger charge is -2.09. The number of nitrogens with zero attached hydrogens (tertiary/aromatic N) is 3. The summed E-state index contributed by atoms with van der Waals surface area (Å²) in [6.45, 7) is 5.75. The highest BCUT2D eigenvalue weighted by atomic mass is 16.5. The summed E-state index contributed by atoms with van der Waals surface area (Å²) in [4.78, 5) is 12.4. The van der Waals surface area contributed by atoms with E-state index in [2.05, 4.69) is 10.2 Å². The van der Waals surface area contributed by atoms with Crippen molar-refractivity contribution in [2.24, 2.45) is 0 Å². The molecule has 0 amide bonds. The molecule has 0 spiro atoms. The predicted molar refractivity (Wildman–Crippen MR) is 88.0 cm³/mol. The molecule has 0 radical (unpaired) electrons. The van der Waals surface area contributed by atoms with E-state index in [1.54, 1.807) is 0 Å². The van der Waals surface area contributed by atoms with E-state index in [1.807, 2.05) is 61.7 Å². The summed E-state index contributed by atoms with van der Waals surface area (Å²) < 4.78 is 12.7. The predicted octanol–water partition coefficient (Wildman–Crippen LogP) is 3.40. The molecule has 124 valence electrons. The van der Waals surface area contributed by atoms with Crippen LogP contribution in [-0.2, 0) is 17.8 Å². The number of hydrogen-bond acceptors (Lipinski definition) is 5. The Morgan fingerprint density at radius 2 is 1.88 bits per heavy atom. The van der Waals surface area contributed by atoms with Crippen molar-refractivity contribution >= 4 is 5.97 Å². The fraction of sp³-hybridized carbons (Fsp3) is 0.278. The molecule has 0 N–H and O–H groups in total. The van der Waals surface area contributed by atoms with Crippen LogP contribution >= 0.6 is 0 Å². The van der Waals surface area contributed by atoms with Crippen LogP contribution in [0.4, 0.5) is 0 Å². The Labute approximate surface area is 140 Å². The second kappa shape index (κ2) is 6.70. The minimum absolute atomic E-state index is 0.0269. The average Bonchev–Trinajstić information content (AvgIpc) is 3.17. The second-order valence-corrected chi connectivity index (χ2v) is 5.47. The lowest BCUT2D eigenvalue weighted by atomic mass is 10.2. The van der Waals surface area contributed by atoms with Crippen molar-refractivity contribution in [1.29, 1.82) is 0 Å². The van der Waals surface area contributed by atoms with E-state index >= 15 is 0 Å². The summed E-state index contributed by atoms with van der Waals surface area (Å²) in [5.74, 6) is 0.432. The number of ether oxygens (including phenoxy) is 1. The van der Waals surface area contributed by atoms with Crippen LogP contribution in [0.3, 0.4) is 0 Å². The maximum absolute atomic E-state index is 12.4. The van der Waals surface area contributed by atoms with Crippen molar-refractivity contribution < 1.29 is 13.9 Å². The Bertz CT molecular complexity index is 850. The molecule has 3 rings (SSSR count). The zero-order valence-electron chi connectivity index (χ0n) is 13.9. The minimum atomic E-state index is -0.401. The lowest BCUT2D eigenvalue weighted by Crippen LogP contribution is -2.07. The number of hydrogen-bond donors (Lipinski definition) is 0. The zero-order chi connectivity index (χ0) is 17.1. The molecule has 2 aromatic heterocycles. The molecule has 0 saturated heterocycles. The van der Waals surface area contributed by atoms with Crippen LogP contribution in [0.1, 0.15) is 40.5 Å². The Hall–Kier alpha value is -2.89. The van der Waals surface area contributed by atoms with Crippen LogP contribution < -0.4 is 0 Å². The fourth-order valence-corrected chi connectivity index (χ4v) is 2.64. The van der Waals surface area contributed by atoms with E-state index in [4.69, 9.17) is 9.15 Å². The Morgan fingerprint density at radius 3 is 2.54 bits per heavy atom. The van der Waals surface area contributed by atoms with E-state index in [0.29, 0.717) is 23.8 Å². The first-order chi connectivity index (χ1) is 11.6. The molecule has 0 aliphatic heterocycles. The van der Waals surface area contributed by atoms with Crippen molar-refractivity contribution in [2.75, 3.05) is 0 Å². The van der Waals surface area contributed by atoms with E-state index in [9.17, 15) is 4.79 Å². The molecule has 24 heavy (non-hydrogen) atoms. The van der Waals surface area contributed by atoms with Crippen molar-refractivity contribution in [3.8, 4) is 5.69 Å². The number of carbonyl (C=O) groups excluding carboxylic acids is 1. The van der Waals surface area contributed by atoms with Crippen LogP contribution in [0.2, 0.25) is 0 Å². The first-order valence-corrected chi connectivity index (χ1v) is 7.83. The van der Waals surface area contributed by atoms with Gasteiger partial charge in [0.1, 0.15) is 0 Å². The first-order valence-electron chi connectivity index (χ1n) is 7.83. The van der Waals surface area contributed by atoms with Gasteiger partial charge in [-0.1, -0.05) is 25.1 Å². The van der Waals surface area contributed by atoms with E-state index in [-0.39, 0.29) is 6.61 Å². The van der Waals surface area contributed by atoms with Gasteiger partial charge in [-0.3, -0.25) is 0 Å². The maximum Gasteiger partial charge on any atom is 0.340 e. The molecular weight excluding hydrogens is 306 g/mol. The van der Waals surface area contributed by atoms with Gasteiger partial charge in [0.05, 0.1) is 5.56 Å². The van der Waals surface area contributed by atoms with Gasteiger partial charge in [-0.25, -0.2) is 4.79 Å². The van der Waals surface area contributed by atoms with Crippen molar-refractivity contribution in [3.05, 3.63) is 65.1 Å². The SMILES string of the molecule is CCc1nnc(COC(=O)c2cc(C)n(-c3ccccc3)c2C)o1. The zero-order valence-corrected chi connectivity index (χ0v) is 13.9. The molecule has 0 aliphatic rings. The molecule has 0 unspecified atom stereocenters. The minimum Gasteiger partial charge on any atom is -0.452 e. The third-order valence-electron chi connectivity index (χ3n) is 3.80. The standard InChI is InChI=1S/C18H19N3O3/c1-4-16-19-20-17(24-16)11-23-18(22)15-10-12(2)21(13(15)3)14-8-6-5-7-9-14/h5-10H,4,11H2,1-3H3. The Kier molecular flexibility index (Phi) is 4.46. The Morgan fingerprint density at radius 1 is 1.17 bits per heavy atom. The summed E-state index contributed by atoms with van der Waals surface area (Å²) in [6, 6.07) is 11.7. The van der Waals surface area contributed by atoms with Crippen LogP contribution in [0, 0.1) is 13.8 Å². The number of aromatic nitrogens is 3.